The van der Waals surface area contributed by atoms with Gasteiger partial charge in [0.05, 0.1) is 22.1 Å². The van der Waals surface area contributed by atoms with Gasteiger partial charge in [-0.25, -0.2) is 9.18 Å². The number of anilines is 2. The van der Waals surface area contributed by atoms with Crippen LogP contribution < -0.4 is 21.2 Å². The lowest BCUT2D eigenvalue weighted by Gasteiger charge is -2.36. The normalized spacial score (nSPS) is 17.1. The average molecular weight is 432 g/mol. The lowest BCUT2D eigenvalue weighted by Crippen LogP contribution is -2.39. The number of nitrogens with two attached hydrogens (primary N) is 1. The zero-order valence-electron chi connectivity index (χ0n) is 17.5. The number of hydrogen-bond acceptors (Lipinski definition) is 6. The Hall–Kier alpha value is -3.30. The summed E-state index contributed by atoms with van der Waals surface area (Å²) in [4.78, 5) is 37.9. The molecule has 9 nitrogen and oxygen atoms in total. The fourth-order valence-electron chi connectivity index (χ4n) is 4.22. The molecule has 1 fully saturated rings. The standard InChI is InChI=1S/C21H25FN4O5/c1-21(2)10-31-19-16(24-6-4-8-25-7-3-5-12(25)27)14(22)15(23)13-17(19)26(21)9-11(18(13)28)20(29)30/h9,24H,3-8,10,23H2,1-2H3,(H,29,30). The molecule has 0 bridgehead atoms. The lowest BCUT2D eigenvalue weighted by atomic mass is 9.98. The van der Waals surface area contributed by atoms with Crippen LogP contribution in [0.15, 0.2) is 11.0 Å². The van der Waals surface area contributed by atoms with Gasteiger partial charge in [-0.15, -0.1) is 0 Å². The summed E-state index contributed by atoms with van der Waals surface area (Å²) < 4.78 is 22.7. The molecule has 0 unspecified atom stereocenters. The first-order chi connectivity index (χ1) is 14.6. The van der Waals surface area contributed by atoms with Gasteiger partial charge in [-0.1, -0.05) is 0 Å². The first-order valence-electron chi connectivity index (χ1n) is 10.2. The van der Waals surface area contributed by atoms with E-state index >= 15 is 4.39 Å². The maximum absolute atomic E-state index is 15.2. The van der Waals surface area contributed by atoms with Crippen molar-refractivity contribution in [2.24, 2.45) is 0 Å². The first kappa shape index (κ1) is 21.0. The van der Waals surface area contributed by atoms with Crippen molar-refractivity contribution in [3.63, 3.8) is 0 Å². The number of ether oxygens (including phenoxy) is 1. The van der Waals surface area contributed by atoms with Crippen molar-refractivity contribution in [3.05, 3.63) is 27.8 Å². The molecule has 1 aromatic heterocycles. The Balaban J connectivity index is 1.76. The van der Waals surface area contributed by atoms with Crippen LogP contribution in [0.2, 0.25) is 0 Å². The maximum Gasteiger partial charge on any atom is 0.341 e. The van der Waals surface area contributed by atoms with E-state index in [1.807, 2.05) is 13.8 Å². The van der Waals surface area contributed by atoms with Crippen LogP contribution in [0.4, 0.5) is 15.8 Å². The molecule has 2 aromatic rings. The van der Waals surface area contributed by atoms with Crippen LogP contribution in [-0.4, -0.2) is 52.7 Å². The van der Waals surface area contributed by atoms with Crippen LogP contribution in [0.5, 0.6) is 5.75 Å². The van der Waals surface area contributed by atoms with Gasteiger partial charge in [0, 0.05) is 32.3 Å². The number of carbonyl (C=O) groups excluding carboxylic acids is 1. The van der Waals surface area contributed by atoms with Crippen molar-refractivity contribution in [1.82, 2.24) is 9.47 Å². The van der Waals surface area contributed by atoms with E-state index in [1.54, 1.807) is 9.47 Å². The second-order valence-corrected chi connectivity index (χ2v) is 8.57. The molecule has 31 heavy (non-hydrogen) atoms. The summed E-state index contributed by atoms with van der Waals surface area (Å²) in [5.41, 5.74) is 3.86. The van der Waals surface area contributed by atoms with Crippen molar-refractivity contribution < 1.29 is 23.8 Å². The average Bonchev–Trinajstić information content (AvgIpc) is 3.11. The smallest absolute Gasteiger partial charge is 0.341 e. The minimum atomic E-state index is -1.40. The number of carboxylic acid groups (broad SMARTS) is 1. The van der Waals surface area contributed by atoms with Crippen LogP contribution in [0.25, 0.3) is 10.9 Å². The van der Waals surface area contributed by atoms with Crippen molar-refractivity contribution in [1.29, 1.82) is 0 Å². The number of aromatic carboxylic acids is 1. The number of carbonyl (C=O) groups is 2. The predicted molar refractivity (Wildman–Crippen MR) is 113 cm³/mol. The molecule has 1 aromatic carbocycles. The Bertz CT molecular complexity index is 1160. The van der Waals surface area contributed by atoms with Gasteiger partial charge in [0.2, 0.25) is 11.3 Å². The van der Waals surface area contributed by atoms with Crippen molar-refractivity contribution in [2.45, 2.75) is 38.6 Å². The van der Waals surface area contributed by atoms with E-state index in [1.165, 1.54) is 6.20 Å². The molecule has 1 saturated heterocycles. The molecule has 0 aliphatic carbocycles. The molecule has 2 aliphatic rings. The van der Waals surface area contributed by atoms with E-state index in [0.717, 1.165) is 13.0 Å². The second-order valence-electron chi connectivity index (χ2n) is 8.57. The van der Waals surface area contributed by atoms with E-state index in [9.17, 15) is 19.5 Å². The number of halogens is 1. The minimum Gasteiger partial charge on any atom is -0.487 e. The summed E-state index contributed by atoms with van der Waals surface area (Å²) in [5, 5.41) is 12.2. The molecule has 0 radical (unpaired) electrons. The Morgan fingerprint density at radius 3 is 2.77 bits per heavy atom. The van der Waals surface area contributed by atoms with Crippen LogP contribution in [0.1, 0.15) is 43.5 Å². The summed E-state index contributed by atoms with van der Waals surface area (Å²) in [6, 6.07) is 0. The van der Waals surface area contributed by atoms with E-state index in [0.29, 0.717) is 25.9 Å². The largest absolute Gasteiger partial charge is 0.487 e. The van der Waals surface area contributed by atoms with Gasteiger partial charge < -0.3 is 30.4 Å². The number of aromatic nitrogens is 1. The van der Waals surface area contributed by atoms with E-state index in [4.69, 9.17) is 10.5 Å². The number of nitrogens with zero attached hydrogens (tertiary/aromatic N) is 2. The molecule has 2 aliphatic heterocycles. The number of hydrogen-bond donors (Lipinski definition) is 3. The van der Waals surface area contributed by atoms with Gasteiger partial charge >= 0.3 is 5.97 Å². The molecular weight excluding hydrogens is 407 g/mol. The number of nitrogen functional groups attached to an aromatic ring is 1. The monoisotopic (exact) mass is 432 g/mol. The number of nitrogens with one attached hydrogen (secondary N) is 1. The highest BCUT2D eigenvalue weighted by Crippen LogP contribution is 2.44. The van der Waals surface area contributed by atoms with Crippen LogP contribution in [-0.2, 0) is 10.3 Å². The Morgan fingerprint density at radius 2 is 2.13 bits per heavy atom. The van der Waals surface area contributed by atoms with Crippen molar-refractivity contribution in [2.75, 3.05) is 37.3 Å². The number of carboxylic acids is 1. The summed E-state index contributed by atoms with van der Waals surface area (Å²) in [7, 11) is 0. The molecule has 0 saturated carbocycles. The van der Waals surface area contributed by atoms with Crippen molar-refractivity contribution >= 4 is 34.2 Å². The van der Waals surface area contributed by atoms with Gasteiger partial charge in [0.1, 0.15) is 17.9 Å². The van der Waals surface area contributed by atoms with Crippen LogP contribution in [0, 0.1) is 5.82 Å². The highest BCUT2D eigenvalue weighted by atomic mass is 19.1. The molecule has 3 heterocycles. The van der Waals surface area contributed by atoms with Gasteiger partial charge in [0.15, 0.2) is 11.6 Å². The molecular formula is C21H25FN4O5. The van der Waals surface area contributed by atoms with Gasteiger partial charge in [-0.05, 0) is 26.7 Å². The third kappa shape index (κ3) is 3.35. The summed E-state index contributed by atoms with van der Waals surface area (Å²) in [5.74, 6) is -2.00. The quantitative estimate of drug-likeness (QED) is 0.470. The molecule has 10 heteroatoms. The van der Waals surface area contributed by atoms with E-state index in [-0.39, 0.29) is 34.9 Å². The summed E-state index contributed by atoms with van der Waals surface area (Å²) in [6.07, 6.45) is 3.27. The fourth-order valence-corrected chi connectivity index (χ4v) is 4.22. The van der Waals surface area contributed by atoms with E-state index in [2.05, 4.69) is 5.32 Å². The molecule has 1 amide bonds. The number of likely N-dealkylation sites (tertiary alicyclic amines) is 1. The van der Waals surface area contributed by atoms with Gasteiger partial charge in [0.25, 0.3) is 0 Å². The second kappa shape index (κ2) is 7.44. The van der Waals surface area contributed by atoms with E-state index < -0.39 is 34.0 Å². The summed E-state index contributed by atoms with van der Waals surface area (Å²) in [6.45, 7) is 5.46. The molecule has 4 rings (SSSR count). The SMILES string of the molecule is CC1(C)COc2c(NCCCN3CCCC3=O)c(F)c(N)c3c(=O)c(C(=O)O)cn1c23. The topological polar surface area (TPSA) is 127 Å². The minimum absolute atomic E-state index is 0.0319. The maximum atomic E-state index is 15.2. The fraction of sp³-hybridized carbons (Fsp3) is 0.476. The molecule has 4 N–H and O–H groups in total. The number of rotatable bonds is 6. The third-order valence-electron chi connectivity index (χ3n) is 5.91. The third-order valence-corrected chi connectivity index (χ3v) is 5.91. The molecule has 166 valence electrons. The van der Waals surface area contributed by atoms with Crippen LogP contribution in [0.3, 0.4) is 0 Å². The predicted octanol–water partition coefficient (Wildman–Crippen LogP) is 1.97. The van der Waals surface area contributed by atoms with Gasteiger partial charge in [-0.3, -0.25) is 9.59 Å². The highest BCUT2D eigenvalue weighted by Gasteiger charge is 2.35. The Labute approximate surface area is 177 Å². The molecule has 0 spiro atoms. The zero-order valence-corrected chi connectivity index (χ0v) is 17.5. The highest BCUT2D eigenvalue weighted by molar-refractivity contribution is 6.03. The summed E-state index contributed by atoms with van der Waals surface area (Å²) >= 11 is 0. The molecule has 0 atom stereocenters. The van der Waals surface area contributed by atoms with Crippen molar-refractivity contribution in [3.8, 4) is 5.75 Å². The zero-order chi connectivity index (χ0) is 22.5. The lowest BCUT2D eigenvalue weighted by molar-refractivity contribution is -0.127. The Morgan fingerprint density at radius 1 is 1.39 bits per heavy atom. The number of pyridine rings is 1. The van der Waals surface area contributed by atoms with Gasteiger partial charge in [-0.2, -0.15) is 0 Å². The number of amides is 1. The Kier molecular flexibility index (Phi) is 5.03. The number of benzene rings is 1. The van der Waals surface area contributed by atoms with Crippen LogP contribution >= 0.6 is 0 Å². The first-order valence-corrected chi connectivity index (χ1v) is 10.2.